The molecule has 0 aromatic heterocycles. The van der Waals surface area contributed by atoms with Gasteiger partial charge < -0.3 is 65.1 Å². The molecule has 2 aliphatic rings. The average molecular weight is 1320 g/mol. The van der Waals surface area contributed by atoms with E-state index in [0.717, 1.165) is 57.8 Å². The van der Waals surface area contributed by atoms with Gasteiger partial charge in [0.25, 0.3) is 0 Å². The van der Waals surface area contributed by atoms with Gasteiger partial charge in [-0.25, -0.2) is 0 Å². The zero-order chi connectivity index (χ0) is 67.3. The van der Waals surface area contributed by atoms with E-state index in [9.17, 15) is 45.6 Å². The number of hydrogen-bond acceptors (Lipinski definition) is 13. The van der Waals surface area contributed by atoms with Crippen LogP contribution in [-0.4, -0.2) is 140 Å². The fraction of sp³-hybridized carbons (Fsp3) is 0.835. The molecule has 542 valence electrons. The molecule has 0 spiro atoms. The van der Waals surface area contributed by atoms with E-state index in [1.54, 1.807) is 6.08 Å². The third-order valence-corrected chi connectivity index (χ3v) is 18.6. The Morgan fingerprint density at radius 1 is 0.398 bits per heavy atom. The number of unbranched alkanes of at least 4 members (excludes halogenated alkanes) is 41. The van der Waals surface area contributed by atoms with Crippen LogP contribution in [0.15, 0.2) is 72.9 Å². The van der Waals surface area contributed by atoms with Crippen molar-refractivity contribution >= 4 is 5.91 Å². The summed E-state index contributed by atoms with van der Waals surface area (Å²) >= 11 is 0. The largest absolute Gasteiger partial charge is 0.394 e. The summed E-state index contributed by atoms with van der Waals surface area (Å²) in [7, 11) is 0. The van der Waals surface area contributed by atoms with Gasteiger partial charge in [-0.1, -0.05) is 324 Å². The molecule has 93 heavy (non-hydrogen) atoms. The predicted octanol–water partition coefficient (Wildman–Crippen LogP) is 17.0. The topological polar surface area (TPSA) is 228 Å². The maximum absolute atomic E-state index is 13.3. The number of ether oxygens (including phenoxy) is 4. The van der Waals surface area contributed by atoms with Gasteiger partial charge in [0.05, 0.1) is 32.0 Å². The van der Waals surface area contributed by atoms with Gasteiger partial charge >= 0.3 is 0 Å². The molecule has 0 aromatic carbocycles. The smallest absolute Gasteiger partial charge is 0.220 e. The summed E-state index contributed by atoms with van der Waals surface area (Å²) in [5.74, 6) is -0.244. The van der Waals surface area contributed by atoms with Crippen LogP contribution in [0.2, 0.25) is 0 Å². The van der Waals surface area contributed by atoms with Crippen molar-refractivity contribution in [1.82, 2.24) is 5.32 Å². The average Bonchev–Trinajstić information content (AvgIpc) is 0.958. The van der Waals surface area contributed by atoms with Crippen molar-refractivity contribution in [2.45, 2.75) is 402 Å². The molecule has 0 aliphatic carbocycles. The number of carbonyl (C=O) groups is 1. The monoisotopic (exact) mass is 1310 g/mol. The molecule has 2 heterocycles. The molecule has 14 heteroatoms. The van der Waals surface area contributed by atoms with Gasteiger partial charge in [0.2, 0.25) is 5.91 Å². The molecule has 14 nitrogen and oxygen atoms in total. The zero-order valence-electron chi connectivity index (χ0n) is 59.2. The van der Waals surface area contributed by atoms with Crippen molar-refractivity contribution in [3.05, 3.63) is 72.9 Å². The second kappa shape index (κ2) is 62.9. The van der Waals surface area contributed by atoms with Crippen LogP contribution in [0.1, 0.15) is 328 Å². The lowest BCUT2D eigenvalue weighted by molar-refractivity contribution is -0.359. The Labute approximate surface area is 568 Å². The van der Waals surface area contributed by atoms with Crippen molar-refractivity contribution < 1.29 is 64.6 Å². The number of carbonyl (C=O) groups excluding carboxylic acids is 1. The maximum atomic E-state index is 13.3. The van der Waals surface area contributed by atoms with Gasteiger partial charge in [-0.2, -0.15) is 0 Å². The van der Waals surface area contributed by atoms with Crippen molar-refractivity contribution in [3.8, 4) is 0 Å². The molecule has 0 aromatic rings. The van der Waals surface area contributed by atoms with Crippen molar-refractivity contribution in [3.63, 3.8) is 0 Å². The van der Waals surface area contributed by atoms with Gasteiger partial charge in [-0.3, -0.25) is 4.79 Å². The third-order valence-electron chi connectivity index (χ3n) is 18.6. The molecule has 0 bridgehead atoms. The maximum Gasteiger partial charge on any atom is 0.220 e. The summed E-state index contributed by atoms with van der Waals surface area (Å²) in [6, 6.07) is -0.932. The summed E-state index contributed by atoms with van der Waals surface area (Å²) in [6.07, 6.45) is 70.0. The molecule has 2 fully saturated rings. The van der Waals surface area contributed by atoms with Crippen molar-refractivity contribution in [2.75, 3.05) is 19.8 Å². The predicted molar refractivity (Wildman–Crippen MR) is 383 cm³/mol. The summed E-state index contributed by atoms with van der Waals surface area (Å²) in [6.45, 7) is 2.70. The zero-order valence-corrected chi connectivity index (χ0v) is 59.2. The Morgan fingerprint density at radius 3 is 1.18 bits per heavy atom. The first-order valence-corrected chi connectivity index (χ1v) is 38.7. The summed E-state index contributed by atoms with van der Waals surface area (Å²) in [5, 5.41) is 87.4. The highest BCUT2D eigenvalue weighted by atomic mass is 16.7. The quantitative estimate of drug-likeness (QED) is 0.0204. The fourth-order valence-electron chi connectivity index (χ4n) is 12.5. The minimum absolute atomic E-state index is 0.244. The van der Waals surface area contributed by atoms with Crippen LogP contribution in [0.4, 0.5) is 0 Å². The van der Waals surface area contributed by atoms with E-state index >= 15 is 0 Å². The van der Waals surface area contributed by atoms with Crippen LogP contribution in [0, 0.1) is 0 Å². The highest BCUT2D eigenvalue weighted by molar-refractivity contribution is 5.76. The number of nitrogens with one attached hydrogen (secondary N) is 1. The highest BCUT2D eigenvalue weighted by Gasteiger charge is 2.51. The van der Waals surface area contributed by atoms with E-state index in [4.69, 9.17) is 18.9 Å². The molecular formula is C79H143NO13. The molecule has 2 rings (SSSR count). The third kappa shape index (κ3) is 46.4. The van der Waals surface area contributed by atoms with E-state index in [-0.39, 0.29) is 18.9 Å². The minimum atomic E-state index is -1.79. The molecule has 0 radical (unpaired) electrons. The highest BCUT2D eigenvalue weighted by Crippen LogP contribution is 2.30. The second-order valence-electron chi connectivity index (χ2n) is 27.1. The van der Waals surface area contributed by atoms with Crippen LogP contribution in [-0.2, 0) is 23.7 Å². The first kappa shape index (κ1) is 86.5. The Kier molecular flexibility index (Phi) is 58.5. The lowest BCUT2D eigenvalue weighted by Crippen LogP contribution is -2.65. The molecule has 1 amide bonds. The van der Waals surface area contributed by atoms with Gasteiger partial charge in [-0.05, 0) is 70.6 Å². The van der Waals surface area contributed by atoms with Crippen LogP contribution in [0.3, 0.4) is 0 Å². The van der Waals surface area contributed by atoms with Crippen LogP contribution >= 0.6 is 0 Å². The lowest BCUT2D eigenvalue weighted by Gasteiger charge is -2.46. The number of amides is 1. The number of allylic oxidation sites excluding steroid dienone is 11. The Morgan fingerprint density at radius 2 is 0.753 bits per heavy atom. The van der Waals surface area contributed by atoms with Crippen molar-refractivity contribution in [1.29, 1.82) is 0 Å². The molecule has 9 N–H and O–H groups in total. The minimum Gasteiger partial charge on any atom is -0.394 e. The van der Waals surface area contributed by atoms with Crippen LogP contribution in [0.25, 0.3) is 0 Å². The Bertz CT molecular complexity index is 1840. The molecule has 12 atom stereocenters. The van der Waals surface area contributed by atoms with Crippen LogP contribution in [0.5, 0.6) is 0 Å². The van der Waals surface area contributed by atoms with Gasteiger partial charge in [0.1, 0.15) is 48.8 Å². The fourth-order valence-corrected chi connectivity index (χ4v) is 12.5. The number of aliphatic hydroxyl groups is 8. The normalized spacial score (nSPS) is 22.9. The molecular weight excluding hydrogens is 1170 g/mol. The Balaban J connectivity index is 1.56. The molecule has 2 saturated heterocycles. The number of rotatable bonds is 64. The SMILES string of the molecule is CC/C=C\C/C=C\C/C=C\C/C=C\CCCCCCCCCCCCCCCCCCCCCCCCCCCCCCC(=O)NC(COC1OC(CO)C(OC2OC(CO)C(O)C(O)C2O)C(O)C1O)C(O)/C=C/CC/C=C/CCCCCCCCCCCCCC. The van der Waals surface area contributed by atoms with E-state index in [1.165, 1.54) is 238 Å². The molecule has 12 unspecified atom stereocenters. The second-order valence-corrected chi connectivity index (χ2v) is 27.1. The first-order chi connectivity index (χ1) is 45.6. The Hall–Kier alpha value is -2.57. The molecule has 0 saturated carbocycles. The number of aliphatic hydroxyl groups excluding tert-OH is 8. The standard InChI is InChI=1S/C79H143NO13/c1-3-5-7-9-11-13-15-17-19-21-23-24-25-26-27-28-29-30-31-32-33-34-35-36-37-38-39-40-41-42-43-44-45-47-49-51-53-55-57-59-61-63-71(84)80-67(68(83)62-60-58-56-54-52-50-48-46-22-20-18-16-14-12-10-8-6-4-2)66-90-78-76(89)74(87)77(70(65-82)92-78)93-79-75(88)73(86)72(85)69(64-81)91-79/h5,7,11,13,17,19,23-24,52,54,60,62,67-70,72-79,81-83,85-89H,3-4,6,8-10,12,14-16,18,20-22,25-51,53,55-59,61,63-66H2,1-2H3,(H,80,84)/b7-5-,13-11-,19-17-,24-23-,54-52+,62-60+. The van der Waals surface area contributed by atoms with E-state index in [0.29, 0.717) is 12.8 Å². The summed E-state index contributed by atoms with van der Waals surface area (Å²) in [5.41, 5.74) is 0. The van der Waals surface area contributed by atoms with E-state index in [1.807, 2.05) is 6.08 Å². The van der Waals surface area contributed by atoms with E-state index in [2.05, 4.69) is 79.9 Å². The van der Waals surface area contributed by atoms with E-state index < -0.39 is 86.8 Å². The molecule has 2 aliphatic heterocycles. The van der Waals surface area contributed by atoms with Gasteiger partial charge in [-0.15, -0.1) is 0 Å². The first-order valence-electron chi connectivity index (χ1n) is 38.7. The lowest BCUT2D eigenvalue weighted by atomic mass is 9.97. The summed E-state index contributed by atoms with van der Waals surface area (Å²) < 4.78 is 22.9. The summed E-state index contributed by atoms with van der Waals surface area (Å²) in [4.78, 5) is 13.3. The van der Waals surface area contributed by atoms with Gasteiger partial charge in [0.15, 0.2) is 12.6 Å². The van der Waals surface area contributed by atoms with Crippen molar-refractivity contribution in [2.24, 2.45) is 0 Å². The van der Waals surface area contributed by atoms with Gasteiger partial charge in [0, 0.05) is 6.42 Å². The number of hydrogen-bond donors (Lipinski definition) is 9. The van der Waals surface area contributed by atoms with Crippen LogP contribution < -0.4 is 5.32 Å².